The fourth-order valence-electron chi connectivity index (χ4n) is 2.69. The molecule has 1 fully saturated rings. The molecule has 1 saturated carbocycles. The Balaban J connectivity index is 1.76. The first-order valence-electron chi connectivity index (χ1n) is 7.77. The SMILES string of the molecule is CCCNCc1cnn(Cc2ccc(Cl)cc2)c1C1CC1. The second kappa shape index (κ2) is 6.63. The van der Waals surface area contributed by atoms with Crippen LogP contribution in [0.1, 0.15) is 48.9 Å². The maximum atomic E-state index is 5.95. The van der Waals surface area contributed by atoms with Crippen molar-refractivity contribution in [2.24, 2.45) is 0 Å². The summed E-state index contributed by atoms with van der Waals surface area (Å²) >= 11 is 5.95. The van der Waals surface area contributed by atoms with Gasteiger partial charge in [0.1, 0.15) is 0 Å². The molecule has 0 atom stereocenters. The summed E-state index contributed by atoms with van der Waals surface area (Å²) in [6, 6.07) is 8.05. The lowest BCUT2D eigenvalue weighted by molar-refractivity contribution is 0.634. The molecule has 1 N–H and O–H groups in total. The average molecular weight is 304 g/mol. The zero-order valence-electron chi connectivity index (χ0n) is 12.5. The first-order chi connectivity index (χ1) is 10.3. The fraction of sp³-hybridized carbons (Fsp3) is 0.471. The number of rotatable bonds is 7. The molecule has 0 unspecified atom stereocenters. The minimum Gasteiger partial charge on any atom is -0.313 e. The predicted molar refractivity (Wildman–Crippen MR) is 86.8 cm³/mol. The smallest absolute Gasteiger partial charge is 0.0662 e. The van der Waals surface area contributed by atoms with Crippen molar-refractivity contribution < 1.29 is 0 Å². The van der Waals surface area contributed by atoms with Crippen LogP contribution in [0.5, 0.6) is 0 Å². The normalized spacial score (nSPS) is 14.6. The van der Waals surface area contributed by atoms with Gasteiger partial charge in [-0.15, -0.1) is 0 Å². The Morgan fingerprint density at radius 3 is 2.71 bits per heavy atom. The number of nitrogens with one attached hydrogen (secondary N) is 1. The second-order valence-corrected chi connectivity index (χ2v) is 6.23. The molecule has 3 nitrogen and oxygen atoms in total. The highest BCUT2D eigenvalue weighted by Crippen LogP contribution is 2.41. The van der Waals surface area contributed by atoms with E-state index in [-0.39, 0.29) is 0 Å². The van der Waals surface area contributed by atoms with Gasteiger partial charge in [0.15, 0.2) is 0 Å². The van der Waals surface area contributed by atoms with Crippen LogP contribution in [0, 0.1) is 0 Å². The van der Waals surface area contributed by atoms with Gasteiger partial charge in [-0.3, -0.25) is 4.68 Å². The molecular formula is C17H22ClN3. The molecule has 2 aromatic rings. The molecule has 0 radical (unpaired) electrons. The summed E-state index contributed by atoms with van der Waals surface area (Å²) in [6.07, 6.45) is 5.80. The molecule has 1 heterocycles. The number of hydrogen-bond donors (Lipinski definition) is 1. The van der Waals surface area contributed by atoms with Crippen molar-refractivity contribution in [1.29, 1.82) is 0 Å². The maximum absolute atomic E-state index is 5.95. The quantitative estimate of drug-likeness (QED) is 0.785. The standard InChI is InChI=1S/C17H22ClN3/c1-2-9-19-10-15-11-20-21(17(15)14-5-6-14)12-13-3-7-16(18)8-4-13/h3-4,7-8,11,14,19H,2,5-6,9-10,12H2,1H3. The zero-order valence-corrected chi connectivity index (χ0v) is 13.2. The minimum atomic E-state index is 0.707. The Morgan fingerprint density at radius 2 is 2.05 bits per heavy atom. The van der Waals surface area contributed by atoms with E-state index < -0.39 is 0 Å². The summed E-state index contributed by atoms with van der Waals surface area (Å²) in [5.41, 5.74) is 4.03. The molecule has 1 aliphatic carbocycles. The molecule has 0 amide bonds. The van der Waals surface area contributed by atoms with Crippen molar-refractivity contribution in [1.82, 2.24) is 15.1 Å². The van der Waals surface area contributed by atoms with E-state index in [9.17, 15) is 0 Å². The van der Waals surface area contributed by atoms with Gasteiger partial charge in [0, 0.05) is 28.7 Å². The van der Waals surface area contributed by atoms with Crippen LogP contribution in [-0.4, -0.2) is 16.3 Å². The Labute approximate surface area is 131 Å². The van der Waals surface area contributed by atoms with Gasteiger partial charge in [0.05, 0.1) is 12.7 Å². The van der Waals surface area contributed by atoms with Crippen molar-refractivity contribution in [2.45, 2.75) is 45.2 Å². The van der Waals surface area contributed by atoms with Gasteiger partial charge in [0.2, 0.25) is 0 Å². The highest BCUT2D eigenvalue weighted by molar-refractivity contribution is 6.30. The van der Waals surface area contributed by atoms with E-state index in [0.29, 0.717) is 5.92 Å². The van der Waals surface area contributed by atoms with Gasteiger partial charge >= 0.3 is 0 Å². The molecule has 1 aromatic carbocycles. The van der Waals surface area contributed by atoms with Crippen LogP contribution >= 0.6 is 11.6 Å². The van der Waals surface area contributed by atoms with Crippen LogP contribution in [0.4, 0.5) is 0 Å². The van der Waals surface area contributed by atoms with Gasteiger partial charge in [-0.1, -0.05) is 30.7 Å². The molecule has 112 valence electrons. The Bertz CT molecular complexity index is 585. The molecule has 21 heavy (non-hydrogen) atoms. The Hall–Kier alpha value is -1.32. The topological polar surface area (TPSA) is 29.9 Å². The Morgan fingerprint density at radius 1 is 1.29 bits per heavy atom. The number of benzene rings is 1. The van der Waals surface area contributed by atoms with E-state index in [4.69, 9.17) is 11.6 Å². The number of nitrogens with zero attached hydrogens (tertiary/aromatic N) is 2. The predicted octanol–water partition coefficient (Wildman–Crippen LogP) is 3.96. The molecule has 4 heteroatoms. The van der Waals surface area contributed by atoms with Crippen molar-refractivity contribution in [3.05, 3.63) is 52.3 Å². The lowest BCUT2D eigenvalue weighted by Crippen LogP contribution is -2.15. The van der Waals surface area contributed by atoms with Crippen LogP contribution in [-0.2, 0) is 13.1 Å². The van der Waals surface area contributed by atoms with Gasteiger partial charge in [-0.05, 0) is 43.5 Å². The van der Waals surface area contributed by atoms with Crippen molar-refractivity contribution in [2.75, 3.05) is 6.54 Å². The van der Waals surface area contributed by atoms with Gasteiger partial charge < -0.3 is 5.32 Å². The van der Waals surface area contributed by atoms with Crippen molar-refractivity contribution in [3.8, 4) is 0 Å². The molecule has 0 saturated heterocycles. The van der Waals surface area contributed by atoms with Crippen molar-refractivity contribution >= 4 is 11.6 Å². The number of aromatic nitrogens is 2. The van der Waals surface area contributed by atoms with Gasteiger partial charge in [-0.2, -0.15) is 5.10 Å². The molecular weight excluding hydrogens is 282 g/mol. The van der Waals surface area contributed by atoms with E-state index in [1.165, 1.54) is 29.7 Å². The largest absolute Gasteiger partial charge is 0.313 e. The summed E-state index contributed by atoms with van der Waals surface area (Å²) in [5, 5.41) is 8.89. The molecule has 3 rings (SSSR count). The molecule has 1 aromatic heterocycles. The fourth-order valence-corrected chi connectivity index (χ4v) is 2.81. The molecule has 1 aliphatic rings. The van der Waals surface area contributed by atoms with Gasteiger partial charge in [0.25, 0.3) is 0 Å². The Kier molecular flexibility index (Phi) is 4.61. The zero-order chi connectivity index (χ0) is 14.7. The number of halogens is 1. The third-order valence-electron chi connectivity index (χ3n) is 3.91. The monoisotopic (exact) mass is 303 g/mol. The first kappa shape index (κ1) is 14.6. The third kappa shape index (κ3) is 3.66. The highest BCUT2D eigenvalue weighted by Gasteiger charge is 2.29. The summed E-state index contributed by atoms with van der Waals surface area (Å²) in [5.74, 6) is 0.707. The van der Waals surface area contributed by atoms with E-state index in [2.05, 4.69) is 34.2 Å². The maximum Gasteiger partial charge on any atom is 0.0662 e. The third-order valence-corrected chi connectivity index (χ3v) is 4.16. The lowest BCUT2D eigenvalue weighted by Gasteiger charge is -2.10. The summed E-state index contributed by atoms with van der Waals surface area (Å²) in [4.78, 5) is 0. The molecule has 0 spiro atoms. The summed E-state index contributed by atoms with van der Waals surface area (Å²) in [6.45, 7) is 5.02. The average Bonchev–Trinajstić information content (AvgIpc) is 3.25. The first-order valence-corrected chi connectivity index (χ1v) is 8.15. The van der Waals surface area contributed by atoms with E-state index in [1.807, 2.05) is 18.3 Å². The summed E-state index contributed by atoms with van der Waals surface area (Å²) in [7, 11) is 0. The van der Waals surface area contributed by atoms with Gasteiger partial charge in [-0.25, -0.2) is 0 Å². The van der Waals surface area contributed by atoms with Crippen LogP contribution in [0.25, 0.3) is 0 Å². The molecule has 0 aliphatic heterocycles. The molecule has 0 bridgehead atoms. The van der Waals surface area contributed by atoms with Crippen LogP contribution in [0.2, 0.25) is 5.02 Å². The van der Waals surface area contributed by atoms with Crippen LogP contribution < -0.4 is 5.32 Å². The summed E-state index contributed by atoms with van der Waals surface area (Å²) < 4.78 is 2.17. The van der Waals surface area contributed by atoms with E-state index >= 15 is 0 Å². The highest BCUT2D eigenvalue weighted by atomic mass is 35.5. The van der Waals surface area contributed by atoms with Crippen molar-refractivity contribution in [3.63, 3.8) is 0 Å². The van der Waals surface area contributed by atoms with E-state index in [0.717, 1.165) is 31.1 Å². The van der Waals surface area contributed by atoms with Crippen LogP contribution in [0.3, 0.4) is 0 Å². The lowest BCUT2D eigenvalue weighted by atomic mass is 10.1. The second-order valence-electron chi connectivity index (χ2n) is 5.79. The van der Waals surface area contributed by atoms with E-state index in [1.54, 1.807) is 0 Å². The minimum absolute atomic E-state index is 0.707. The number of hydrogen-bond acceptors (Lipinski definition) is 2. The van der Waals surface area contributed by atoms with Crippen LogP contribution in [0.15, 0.2) is 30.5 Å².